The van der Waals surface area contributed by atoms with E-state index in [0.29, 0.717) is 24.8 Å². The molecule has 12 heteroatoms. The molecule has 3 rings (SSSR count). The number of hydrazine groups is 1. The largest absolute Gasteiger partial charge is 0.294 e. The molecule has 11 nitrogen and oxygen atoms in total. The Labute approximate surface area is 271 Å². The summed E-state index contributed by atoms with van der Waals surface area (Å²) in [6, 6.07) is 17.2. The van der Waals surface area contributed by atoms with Crippen molar-refractivity contribution in [3.05, 3.63) is 101 Å². The number of benzene rings is 2. The van der Waals surface area contributed by atoms with Crippen molar-refractivity contribution in [2.24, 2.45) is 17.2 Å². The lowest BCUT2D eigenvalue weighted by molar-refractivity contribution is -0.131. The normalized spacial score (nSPS) is 13.3. The van der Waals surface area contributed by atoms with Crippen LogP contribution in [0.4, 0.5) is 0 Å². The number of aromatic nitrogens is 1. The fraction of sp³-hybridized carbons (Fsp3) is 0.353. The van der Waals surface area contributed by atoms with Gasteiger partial charge in [-0.3, -0.25) is 34.6 Å². The molecule has 2 atom stereocenters. The van der Waals surface area contributed by atoms with Gasteiger partial charge in [0, 0.05) is 11.8 Å². The van der Waals surface area contributed by atoms with Gasteiger partial charge in [-0.05, 0) is 68.4 Å². The zero-order valence-electron chi connectivity index (χ0n) is 26.9. The molecule has 248 valence electrons. The Morgan fingerprint density at radius 1 is 1.02 bits per heavy atom. The standard InChI is InChI=1S/C27H36N4O4.C7H8O3S/c1-5-15-27(17-18(2)3,26(34)30-28)24(32)22-19(4)14-16-29-23(22)21(25(33)31-35)13-9-12-20-10-7-6-8-11-20;1-6-2-4-7(5-3-6)11(8,9)10/h6-12,14,16,18,21,35H,5,13,15,17,28H2,1-4H3,(H,30,34)(H,31,33);2-5H,1H3,(H,8,9,10)/b12-9+;/t21-,27+;/m0./s1. The molecule has 0 bridgehead atoms. The maximum absolute atomic E-state index is 14.2. The number of carbonyl (C=O) groups is 3. The Kier molecular flexibility index (Phi) is 14.4. The van der Waals surface area contributed by atoms with Gasteiger partial charge >= 0.3 is 0 Å². The van der Waals surface area contributed by atoms with Gasteiger partial charge in [0.2, 0.25) is 5.91 Å². The minimum Gasteiger partial charge on any atom is -0.293 e. The summed E-state index contributed by atoms with van der Waals surface area (Å²) in [6.07, 6.45) is 6.54. The van der Waals surface area contributed by atoms with Crippen LogP contribution in [0.5, 0.6) is 0 Å². The van der Waals surface area contributed by atoms with Crippen LogP contribution in [0.1, 0.15) is 85.1 Å². The number of hydroxylamine groups is 1. The molecule has 0 radical (unpaired) electrons. The van der Waals surface area contributed by atoms with Crippen LogP contribution in [0.3, 0.4) is 0 Å². The molecule has 2 amide bonds. The van der Waals surface area contributed by atoms with E-state index in [4.69, 9.17) is 10.4 Å². The molecule has 6 N–H and O–H groups in total. The number of rotatable bonds is 13. The number of pyridine rings is 1. The molecular weight excluding hydrogens is 608 g/mol. The number of nitrogens with zero attached hydrogens (tertiary/aromatic N) is 1. The molecular formula is C34H44N4O7S. The molecule has 46 heavy (non-hydrogen) atoms. The number of nitrogens with one attached hydrogen (secondary N) is 2. The van der Waals surface area contributed by atoms with E-state index in [1.807, 2.05) is 64.1 Å². The zero-order valence-corrected chi connectivity index (χ0v) is 27.7. The predicted octanol–water partition coefficient (Wildman–Crippen LogP) is 5.33. The highest BCUT2D eigenvalue weighted by atomic mass is 32.2. The Hall–Kier alpha value is -4.23. The number of allylic oxidation sites excluding steroid dienone is 1. The fourth-order valence-electron chi connectivity index (χ4n) is 5.29. The van der Waals surface area contributed by atoms with E-state index in [-0.39, 0.29) is 28.5 Å². The number of hydrogen-bond donors (Lipinski definition) is 5. The van der Waals surface area contributed by atoms with Crippen LogP contribution in [0.2, 0.25) is 0 Å². The molecule has 1 heterocycles. The minimum absolute atomic E-state index is 0.0357. The van der Waals surface area contributed by atoms with E-state index in [9.17, 15) is 28.0 Å². The van der Waals surface area contributed by atoms with E-state index >= 15 is 0 Å². The van der Waals surface area contributed by atoms with Crippen molar-refractivity contribution in [3.63, 3.8) is 0 Å². The van der Waals surface area contributed by atoms with Gasteiger partial charge in [-0.25, -0.2) is 11.3 Å². The van der Waals surface area contributed by atoms with Crippen molar-refractivity contribution in [1.29, 1.82) is 0 Å². The summed E-state index contributed by atoms with van der Waals surface area (Å²) in [5.74, 6) is 2.96. The summed E-state index contributed by atoms with van der Waals surface area (Å²) < 4.78 is 29.6. The van der Waals surface area contributed by atoms with Crippen molar-refractivity contribution >= 4 is 33.8 Å². The van der Waals surface area contributed by atoms with Crippen LogP contribution in [-0.4, -0.2) is 40.8 Å². The molecule has 1 aromatic heterocycles. The number of aryl methyl sites for hydroxylation is 2. The highest BCUT2D eigenvalue weighted by Crippen LogP contribution is 2.39. The van der Waals surface area contributed by atoms with Gasteiger partial charge in [-0.15, -0.1) is 0 Å². The summed E-state index contributed by atoms with van der Waals surface area (Å²) in [7, 11) is -4.02. The number of ketones is 1. The Balaban J connectivity index is 0.000000562. The summed E-state index contributed by atoms with van der Waals surface area (Å²) >= 11 is 0. The molecule has 0 fully saturated rings. The van der Waals surface area contributed by atoms with Crippen LogP contribution in [0, 0.1) is 25.2 Å². The average molecular weight is 653 g/mol. The number of hydrogen-bond acceptors (Lipinski definition) is 8. The number of nitrogens with two attached hydrogens (primary N) is 1. The molecule has 0 saturated carbocycles. The highest BCUT2D eigenvalue weighted by molar-refractivity contribution is 7.85. The number of carbonyl (C=O) groups excluding carboxylic acids is 3. The van der Waals surface area contributed by atoms with Gasteiger partial charge in [0.1, 0.15) is 5.41 Å². The summed E-state index contributed by atoms with van der Waals surface area (Å²) in [4.78, 5) is 44.3. The second-order valence-corrected chi connectivity index (χ2v) is 12.9. The quantitative estimate of drug-likeness (QED) is 0.0309. The first-order valence-corrected chi connectivity index (χ1v) is 16.4. The minimum atomic E-state index is -4.02. The highest BCUT2D eigenvalue weighted by Gasteiger charge is 2.47. The van der Waals surface area contributed by atoms with Crippen LogP contribution < -0.4 is 16.7 Å². The van der Waals surface area contributed by atoms with E-state index in [1.54, 1.807) is 36.7 Å². The molecule has 0 saturated heterocycles. The Bertz CT molecular complexity index is 1610. The second-order valence-electron chi connectivity index (χ2n) is 11.5. The monoisotopic (exact) mass is 652 g/mol. The Morgan fingerprint density at radius 2 is 1.65 bits per heavy atom. The lowest BCUT2D eigenvalue weighted by Crippen LogP contribution is -2.50. The molecule has 0 aliphatic heterocycles. The molecule has 2 aromatic carbocycles. The topological polar surface area (TPSA) is 189 Å². The average Bonchev–Trinajstić information content (AvgIpc) is 3.02. The van der Waals surface area contributed by atoms with Crippen molar-refractivity contribution in [2.75, 3.05) is 0 Å². The first-order valence-electron chi connectivity index (χ1n) is 14.9. The third-order valence-electron chi connectivity index (χ3n) is 7.41. The van der Waals surface area contributed by atoms with Gasteiger partial charge in [0.05, 0.1) is 16.5 Å². The van der Waals surface area contributed by atoms with E-state index in [1.165, 1.54) is 18.3 Å². The van der Waals surface area contributed by atoms with Crippen molar-refractivity contribution in [1.82, 2.24) is 15.9 Å². The van der Waals surface area contributed by atoms with Crippen LogP contribution in [0.25, 0.3) is 6.08 Å². The predicted molar refractivity (Wildman–Crippen MR) is 176 cm³/mol. The van der Waals surface area contributed by atoms with Gasteiger partial charge in [0.25, 0.3) is 16.0 Å². The van der Waals surface area contributed by atoms with Gasteiger partial charge in [-0.1, -0.05) is 87.4 Å². The molecule has 0 aliphatic rings. The lowest BCUT2D eigenvalue weighted by atomic mass is 9.69. The van der Waals surface area contributed by atoms with Crippen molar-refractivity contribution in [2.45, 2.75) is 71.1 Å². The van der Waals surface area contributed by atoms with Gasteiger partial charge < -0.3 is 0 Å². The fourth-order valence-corrected chi connectivity index (χ4v) is 5.77. The SMILES string of the molecule is CCC[C@](CC(C)C)(C(=O)NN)C(=O)c1c(C)ccnc1[C@H](C/C=C/c1ccccc1)C(=O)NO.Cc1ccc(S(=O)(=O)O)cc1. The summed E-state index contributed by atoms with van der Waals surface area (Å²) in [5.41, 5.74) is 5.42. The van der Waals surface area contributed by atoms with E-state index in [0.717, 1.165) is 11.1 Å². The van der Waals surface area contributed by atoms with Crippen LogP contribution >= 0.6 is 0 Å². The van der Waals surface area contributed by atoms with E-state index < -0.39 is 39.0 Å². The van der Waals surface area contributed by atoms with Crippen LogP contribution in [0.15, 0.2) is 77.8 Å². The lowest BCUT2D eigenvalue weighted by Gasteiger charge is -2.33. The number of amides is 2. The molecule has 3 aromatic rings. The first-order chi connectivity index (χ1) is 21.7. The summed E-state index contributed by atoms with van der Waals surface area (Å²) in [6.45, 7) is 9.37. The van der Waals surface area contributed by atoms with Crippen LogP contribution in [-0.2, 0) is 19.7 Å². The second kappa shape index (κ2) is 17.5. The summed E-state index contributed by atoms with van der Waals surface area (Å²) in [5, 5.41) is 9.45. The number of Topliss-reactive ketones (excluding diaryl/α,β-unsaturated/α-hetero) is 1. The maximum atomic E-state index is 14.2. The molecule has 0 unspecified atom stereocenters. The Morgan fingerprint density at radius 3 is 2.17 bits per heavy atom. The molecule has 0 spiro atoms. The zero-order chi connectivity index (χ0) is 34.5. The van der Waals surface area contributed by atoms with Crippen molar-refractivity contribution < 1.29 is 32.6 Å². The van der Waals surface area contributed by atoms with Gasteiger partial charge in [-0.2, -0.15) is 8.42 Å². The molecule has 0 aliphatic carbocycles. The smallest absolute Gasteiger partial charge is 0.293 e. The van der Waals surface area contributed by atoms with E-state index in [2.05, 4.69) is 10.4 Å². The van der Waals surface area contributed by atoms with Gasteiger partial charge in [0.15, 0.2) is 5.78 Å². The third kappa shape index (κ3) is 10.1. The van der Waals surface area contributed by atoms with Crippen molar-refractivity contribution in [3.8, 4) is 0 Å². The maximum Gasteiger partial charge on any atom is 0.294 e. The first kappa shape index (κ1) is 38.0. The third-order valence-corrected chi connectivity index (χ3v) is 8.27.